The minimum atomic E-state index is -4.99. The Morgan fingerprint density at radius 3 is 0.824 bits per heavy atom. The first kappa shape index (κ1) is 97.2. The molecule has 0 amide bonds. The third-order valence-corrected chi connectivity index (χ3v) is 18.0. The first-order valence-corrected chi connectivity index (χ1v) is 42.4. The number of rotatable bonds is 73. The molecule has 5 unspecified atom stereocenters. The van der Waals surface area contributed by atoms with E-state index in [1.165, 1.54) is 32.1 Å². The number of esters is 4. The van der Waals surface area contributed by atoms with Crippen LogP contribution in [-0.4, -0.2) is 96.7 Å². The van der Waals surface area contributed by atoms with E-state index in [1.54, 1.807) is 0 Å². The standard InChI is InChI=1S/C83H140O17P2/c1-5-9-13-17-21-25-29-32-35-37-38-40-42-45-49-52-56-60-64-68-81(86)94-74-79(100-83(88)70-66-62-58-54-50-46-43-39-36-33-30-26-22-18-14-10-6-2)76-98-102(91,92)96-72-77(84)71-95-101(89,90)97-75-78(99-82(87)69-65-61-57-53-47-28-24-20-16-12-8-4)73-93-80(85)67-63-59-55-51-48-44-41-34-31-27-23-19-15-11-7-3/h10-11,14-15,20-27,32-36,38,40-41,43,46,77-79,84H,5-9,12-13,16-19,28-31,37,39,42,44-45,47-76H2,1-4H3,(H,89,90)(H,91,92)/b14-10-,15-11-,24-20-,25-21-,26-22-,27-23-,35-32-,36-33-,40-38-,41-34-,46-43-. The molecule has 0 aliphatic rings. The molecule has 0 saturated heterocycles. The molecule has 0 aromatic rings. The Balaban J connectivity index is 5.38. The van der Waals surface area contributed by atoms with Gasteiger partial charge < -0.3 is 33.8 Å². The van der Waals surface area contributed by atoms with Crippen LogP contribution in [-0.2, 0) is 65.4 Å². The van der Waals surface area contributed by atoms with Gasteiger partial charge in [0.2, 0.25) is 0 Å². The zero-order chi connectivity index (χ0) is 74.6. The minimum absolute atomic E-state index is 0.0604. The molecule has 0 fully saturated rings. The van der Waals surface area contributed by atoms with Gasteiger partial charge in [0, 0.05) is 25.7 Å². The Bertz CT molecular complexity index is 2460. The van der Waals surface area contributed by atoms with Gasteiger partial charge in [-0.1, -0.05) is 264 Å². The number of phosphoric acid groups is 2. The summed E-state index contributed by atoms with van der Waals surface area (Å²) in [7, 11) is -9.98. The van der Waals surface area contributed by atoms with E-state index in [1.807, 2.05) is 0 Å². The van der Waals surface area contributed by atoms with Crippen LogP contribution in [0.25, 0.3) is 0 Å². The SMILES string of the molecule is CC/C=C\C/C=C\C/C=C\C/C=C\CCCCCCC(=O)OC(COC(=O)CCCCCCCC/C=C\C/C=C\C/C=C\CCCCC)COP(=O)(O)OCC(O)COP(=O)(O)OCC(COC(=O)CCCCCCC/C=C\C/C=C\C/C=C\CC)OC(=O)CCCCCCC/C=C\CCCC. The highest BCUT2D eigenvalue weighted by atomic mass is 31.2. The second-order valence-electron chi connectivity index (χ2n) is 25.9. The number of aliphatic hydroxyl groups excluding tert-OH is 1. The fourth-order valence-electron chi connectivity index (χ4n) is 10.1. The van der Waals surface area contributed by atoms with Crippen molar-refractivity contribution in [1.82, 2.24) is 0 Å². The average molecular weight is 1470 g/mol. The molecule has 0 aromatic heterocycles. The fraction of sp³-hybridized carbons (Fsp3) is 0.687. The third-order valence-electron chi connectivity index (χ3n) is 16.1. The van der Waals surface area contributed by atoms with Crippen molar-refractivity contribution in [3.63, 3.8) is 0 Å². The number of carbonyl (C=O) groups is 4. The predicted octanol–water partition coefficient (Wildman–Crippen LogP) is 22.9. The van der Waals surface area contributed by atoms with Crippen LogP contribution in [0.15, 0.2) is 134 Å². The number of unbranched alkanes of at least 4 members (excludes halogenated alkanes) is 25. The van der Waals surface area contributed by atoms with Crippen molar-refractivity contribution in [2.45, 2.75) is 329 Å². The van der Waals surface area contributed by atoms with Crippen molar-refractivity contribution in [1.29, 1.82) is 0 Å². The highest BCUT2D eigenvalue weighted by Crippen LogP contribution is 2.45. The molecule has 0 aliphatic heterocycles. The summed E-state index contributed by atoms with van der Waals surface area (Å²) < 4.78 is 68.5. The molecule has 19 heteroatoms. The van der Waals surface area contributed by atoms with Crippen LogP contribution in [0.5, 0.6) is 0 Å². The predicted molar refractivity (Wildman–Crippen MR) is 418 cm³/mol. The number of hydrogen-bond acceptors (Lipinski definition) is 15. The van der Waals surface area contributed by atoms with Crippen LogP contribution in [0.2, 0.25) is 0 Å². The first-order chi connectivity index (χ1) is 49.7. The summed E-state index contributed by atoms with van der Waals surface area (Å²) in [6.07, 6.45) is 82.9. The lowest BCUT2D eigenvalue weighted by Gasteiger charge is -2.21. The van der Waals surface area contributed by atoms with Gasteiger partial charge in [-0.25, -0.2) is 9.13 Å². The maximum Gasteiger partial charge on any atom is 0.472 e. The molecule has 0 saturated carbocycles. The van der Waals surface area contributed by atoms with E-state index in [0.29, 0.717) is 25.7 Å². The summed E-state index contributed by atoms with van der Waals surface area (Å²) in [5.74, 6) is -2.24. The van der Waals surface area contributed by atoms with Crippen LogP contribution < -0.4 is 0 Å². The third kappa shape index (κ3) is 73.5. The largest absolute Gasteiger partial charge is 0.472 e. The van der Waals surface area contributed by atoms with Gasteiger partial charge >= 0.3 is 39.5 Å². The zero-order valence-corrected chi connectivity index (χ0v) is 65.5. The van der Waals surface area contributed by atoms with Crippen molar-refractivity contribution in [2.75, 3.05) is 39.6 Å². The van der Waals surface area contributed by atoms with Crippen LogP contribution in [0.1, 0.15) is 310 Å². The smallest absolute Gasteiger partial charge is 0.462 e. The summed E-state index contributed by atoms with van der Waals surface area (Å²) in [5, 5.41) is 10.6. The van der Waals surface area contributed by atoms with E-state index < -0.39 is 97.5 Å². The van der Waals surface area contributed by atoms with Crippen LogP contribution >= 0.6 is 15.6 Å². The van der Waals surface area contributed by atoms with Crippen molar-refractivity contribution in [3.05, 3.63) is 134 Å². The van der Waals surface area contributed by atoms with Gasteiger partial charge in [0.25, 0.3) is 0 Å². The molecule has 0 heterocycles. The normalized spacial score (nSPS) is 14.6. The van der Waals surface area contributed by atoms with Crippen molar-refractivity contribution < 1.29 is 80.2 Å². The van der Waals surface area contributed by atoms with Crippen molar-refractivity contribution in [2.24, 2.45) is 0 Å². The summed E-state index contributed by atoms with van der Waals surface area (Å²) in [6, 6.07) is 0. The molecule has 0 radical (unpaired) electrons. The van der Waals surface area contributed by atoms with Gasteiger partial charge in [0.1, 0.15) is 19.3 Å². The molecular weight excluding hydrogens is 1330 g/mol. The van der Waals surface area contributed by atoms with Crippen LogP contribution in [0.4, 0.5) is 0 Å². The maximum absolute atomic E-state index is 13.1. The number of hydrogen-bond donors (Lipinski definition) is 3. The van der Waals surface area contributed by atoms with Crippen molar-refractivity contribution in [3.8, 4) is 0 Å². The summed E-state index contributed by atoms with van der Waals surface area (Å²) in [5.41, 5.74) is 0. The van der Waals surface area contributed by atoms with Crippen LogP contribution in [0.3, 0.4) is 0 Å². The molecule has 0 spiro atoms. The van der Waals surface area contributed by atoms with E-state index in [4.69, 9.17) is 37.0 Å². The topological polar surface area (TPSA) is 237 Å². The lowest BCUT2D eigenvalue weighted by Crippen LogP contribution is -2.30. The maximum atomic E-state index is 13.1. The molecule has 5 atom stereocenters. The highest BCUT2D eigenvalue weighted by Gasteiger charge is 2.30. The number of ether oxygens (including phenoxy) is 4. The Labute approximate surface area is 618 Å². The Morgan fingerprint density at radius 2 is 0.520 bits per heavy atom. The van der Waals surface area contributed by atoms with E-state index in [0.717, 1.165) is 199 Å². The highest BCUT2D eigenvalue weighted by molar-refractivity contribution is 7.47. The molecule has 0 bridgehead atoms. The lowest BCUT2D eigenvalue weighted by atomic mass is 10.1. The molecule has 0 rings (SSSR count). The van der Waals surface area contributed by atoms with Gasteiger partial charge in [-0.3, -0.25) is 37.3 Å². The van der Waals surface area contributed by atoms with Gasteiger partial charge in [-0.2, -0.15) is 0 Å². The summed E-state index contributed by atoms with van der Waals surface area (Å²) in [4.78, 5) is 72.9. The molecule has 0 aromatic carbocycles. The number of allylic oxidation sites excluding steroid dienone is 22. The fourth-order valence-corrected chi connectivity index (χ4v) is 11.7. The van der Waals surface area contributed by atoms with Gasteiger partial charge in [0.05, 0.1) is 26.4 Å². The summed E-state index contributed by atoms with van der Waals surface area (Å²) >= 11 is 0. The van der Waals surface area contributed by atoms with E-state index >= 15 is 0 Å². The van der Waals surface area contributed by atoms with Crippen LogP contribution in [0, 0.1) is 0 Å². The van der Waals surface area contributed by atoms with Gasteiger partial charge in [0.15, 0.2) is 12.2 Å². The molecule has 584 valence electrons. The average Bonchev–Trinajstić information content (AvgIpc) is 0.927. The van der Waals surface area contributed by atoms with Gasteiger partial charge in [-0.15, -0.1) is 0 Å². The van der Waals surface area contributed by atoms with Crippen molar-refractivity contribution >= 4 is 39.5 Å². The molecular formula is C83H140O17P2. The second-order valence-corrected chi connectivity index (χ2v) is 28.8. The molecule has 0 aliphatic carbocycles. The molecule has 102 heavy (non-hydrogen) atoms. The molecule has 3 N–H and O–H groups in total. The Morgan fingerprint density at radius 1 is 0.284 bits per heavy atom. The number of carbonyl (C=O) groups excluding carboxylic acids is 4. The zero-order valence-electron chi connectivity index (χ0n) is 63.7. The quantitative estimate of drug-likeness (QED) is 0.0169. The monoisotopic (exact) mass is 1470 g/mol. The Kier molecular flexibility index (Phi) is 71.0. The Hall–Kier alpha value is -4.80. The van der Waals surface area contributed by atoms with E-state index in [2.05, 4.69) is 161 Å². The summed E-state index contributed by atoms with van der Waals surface area (Å²) in [6.45, 7) is 4.51. The molecule has 17 nitrogen and oxygen atoms in total. The second kappa shape index (κ2) is 74.5. The van der Waals surface area contributed by atoms with E-state index in [-0.39, 0.29) is 25.7 Å². The van der Waals surface area contributed by atoms with E-state index in [9.17, 15) is 43.2 Å². The minimum Gasteiger partial charge on any atom is -0.462 e. The number of phosphoric ester groups is 2. The first-order valence-electron chi connectivity index (χ1n) is 39.4. The van der Waals surface area contributed by atoms with Gasteiger partial charge in [-0.05, 0) is 154 Å². The lowest BCUT2D eigenvalue weighted by molar-refractivity contribution is -0.161. The number of aliphatic hydroxyl groups is 1.